The molecule has 1 aromatic rings. The van der Waals surface area contributed by atoms with Crippen LogP contribution in [0.25, 0.3) is 0 Å². The van der Waals surface area contributed by atoms with Gasteiger partial charge in [0.2, 0.25) is 0 Å². The van der Waals surface area contributed by atoms with E-state index in [2.05, 4.69) is 24.8 Å². The molecule has 0 aromatic heterocycles. The Kier molecular flexibility index (Phi) is 4.92. The van der Waals surface area contributed by atoms with E-state index in [1.54, 1.807) is 7.11 Å². The average molecular weight is 277 g/mol. The molecular formula is C17H27NO2. The Labute approximate surface area is 122 Å². The minimum absolute atomic E-state index is 0.513. The van der Waals surface area contributed by atoms with Crippen molar-refractivity contribution in [1.82, 2.24) is 0 Å². The average Bonchev–Trinajstić information content (AvgIpc) is 3.22. The number of aliphatic hydroxyl groups excluding tert-OH is 1. The van der Waals surface area contributed by atoms with Gasteiger partial charge in [-0.15, -0.1) is 0 Å². The Bertz CT molecular complexity index is 439. The first-order valence-electron chi connectivity index (χ1n) is 7.66. The number of aliphatic hydroxyl groups is 1. The highest BCUT2D eigenvalue weighted by Crippen LogP contribution is 2.40. The smallest absolute Gasteiger partial charge is 0.126 e. The minimum atomic E-state index is -0.513. The van der Waals surface area contributed by atoms with Crippen molar-refractivity contribution >= 4 is 5.69 Å². The highest BCUT2D eigenvalue weighted by atomic mass is 16.5. The fourth-order valence-electron chi connectivity index (χ4n) is 2.66. The summed E-state index contributed by atoms with van der Waals surface area (Å²) in [6, 6.07) is 6.70. The van der Waals surface area contributed by atoms with Gasteiger partial charge in [0.25, 0.3) is 0 Å². The van der Waals surface area contributed by atoms with Gasteiger partial charge in [-0.25, -0.2) is 0 Å². The van der Waals surface area contributed by atoms with Crippen molar-refractivity contribution < 1.29 is 9.84 Å². The largest absolute Gasteiger partial charge is 0.496 e. The van der Waals surface area contributed by atoms with Gasteiger partial charge in [-0.3, -0.25) is 0 Å². The zero-order valence-corrected chi connectivity index (χ0v) is 13.1. The highest BCUT2D eigenvalue weighted by Gasteiger charge is 2.31. The topological polar surface area (TPSA) is 32.7 Å². The summed E-state index contributed by atoms with van der Waals surface area (Å²) >= 11 is 0. The van der Waals surface area contributed by atoms with Crippen LogP contribution in [0.5, 0.6) is 5.75 Å². The first-order chi connectivity index (χ1) is 9.54. The molecular weight excluding hydrogens is 250 g/mol. The third-order valence-corrected chi connectivity index (χ3v) is 3.93. The summed E-state index contributed by atoms with van der Waals surface area (Å²) in [7, 11) is 1.67. The lowest BCUT2D eigenvalue weighted by molar-refractivity contribution is 0.194. The molecule has 3 nitrogen and oxygen atoms in total. The number of rotatable bonds is 7. The van der Waals surface area contributed by atoms with Crippen molar-refractivity contribution in [3.05, 3.63) is 23.8 Å². The Balaban J connectivity index is 2.32. The number of nitrogens with zero attached hydrogens (tertiary/aromatic N) is 1. The van der Waals surface area contributed by atoms with Crippen molar-refractivity contribution in [2.75, 3.05) is 18.6 Å². The van der Waals surface area contributed by atoms with Crippen LogP contribution in [0.15, 0.2) is 18.2 Å². The van der Waals surface area contributed by atoms with Crippen LogP contribution >= 0.6 is 0 Å². The summed E-state index contributed by atoms with van der Waals surface area (Å²) in [6.45, 7) is 7.38. The van der Waals surface area contributed by atoms with Gasteiger partial charge in [0.15, 0.2) is 0 Å². The molecule has 0 unspecified atom stereocenters. The van der Waals surface area contributed by atoms with E-state index in [1.165, 1.54) is 19.3 Å². The van der Waals surface area contributed by atoms with Crippen molar-refractivity contribution in [1.29, 1.82) is 0 Å². The molecule has 1 aliphatic carbocycles. The van der Waals surface area contributed by atoms with E-state index in [-0.39, 0.29) is 0 Å². The Morgan fingerprint density at radius 1 is 1.30 bits per heavy atom. The number of hydrogen-bond donors (Lipinski definition) is 1. The van der Waals surface area contributed by atoms with Gasteiger partial charge in [0, 0.05) is 23.8 Å². The minimum Gasteiger partial charge on any atom is -0.496 e. The number of anilines is 1. The Hall–Kier alpha value is -1.22. The van der Waals surface area contributed by atoms with Gasteiger partial charge < -0.3 is 14.7 Å². The van der Waals surface area contributed by atoms with Crippen LogP contribution in [0.3, 0.4) is 0 Å². The summed E-state index contributed by atoms with van der Waals surface area (Å²) in [5, 5.41) is 10.1. The molecule has 1 saturated carbocycles. The molecule has 0 saturated heterocycles. The summed E-state index contributed by atoms with van der Waals surface area (Å²) in [5.74, 6) is 1.48. The van der Waals surface area contributed by atoms with Gasteiger partial charge in [0.05, 0.1) is 13.2 Å². The molecule has 3 heteroatoms. The predicted octanol–water partition coefficient (Wildman–Crippen LogP) is 3.76. The fraction of sp³-hybridized carbons (Fsp3) is 0.647. The second kappa shape index (κ2) is 6.49. The van der Waals surface area contributed by atoms with E-state index in [4.69, 9.17) is 4.74 Å². The number of methoxy groups -OCH3 is 1. The fourth-order valence-corrected chi connectivity index (χ4v) is 2.66. The van der Waals surface area contributed by atoms with Crippen molar-refractivity contribution in [2.24, 2.45) is 5.92 Å². The van der Waals surface area contributed by atoms with E-state index < -0.39 is 6.10 Å². The summed E-state index contributed by atoms with van der Waals surface area (Å²) in [5.41, 5.74) is 2.06. The first kappa shape index (κ1) is 15.2. The van der Waals surface area contributed by atoms with E-state index in [0.29, 0.717) is 12.0 Å². The molecule has 1 N–H and O–H groups in total. The normalized spacial score (nSPS) is 16.3. The lowest BCUT2D eigenvalue weighted by Gasteiger charge is -2.29. The van der Waals surface area contributed by atoms with Crippen LogP contribution in [0.2, 0.25) is 0 Å². The van der Waals surface area contributed by atoms with Crippen molar-refractivity contribution in [2.45, 2.75) is 52.2 Å². The second-order valence-corrected chi connectivity index (χ2v) is 6.18. The molecule has 1 aliphatic rings. The Morgan fingerprint density at radius 2 is 2.00 bits per heavy atom. The van der Waals surface area contributed by atoms with Crippen LogP contribution in [0.4, 0.5) is 5.69 Å². The molecule has 0 radical (unpaired) electrons. The van der Waals surface area contributed by atoms with E-state index in [0.717, 1.165) is 23.5 Å². The lowest BCUT2D eigenvalue weighted by atomic mass is 10.0. The quantitative estimate of drug-likeness (QED) is 0.823. The summed E-state index contributed by atoms with van der Waals surface area (Å²) < 4.78 is 5.44. The second-order valence-electron chi connectivity index (χ2n) is 6.18. The molecule has 20 heavy (non-hydrogen) atoms. The van der Waals surface area contributed by atoms with Crippen LogP contribution in [-0.4, -0.2) is 24.8 Å². The van der Waals surface area contributed by atoms with Gasteiger partial charge in [-0.05, 0) is 44.2 Å². The third-order valence-electron chi connectivity index (χ3n) is 3.93. The maximum absolute atomic E-state index is 10.1. The predicted molar refractivity (Wildman–Crippen MR) is 83.5 cm³/mol. The molecule has 1 fully saturated rings. The number of ether oxygens (including phenoxy) is 1. The molecule has 0 spiro atoms. The van der Waals surface area contributed by atoms with E-state index in [9.17, 15) is 5.11 Å². The maximum Gasteiger partial charge on any atom is 0.126 e. The van der Waals surface area contributed by atoms with E-state index in [1.807, 2.05) is 19.1 Å². The molecule has 1 aromatic carbocycles. The maximum atomic E-state index is 10.1. The number of hydrogen-bond acceptors (Lipinski definition) is 3. The van der Waals surface area contributed by atoms with Gasteiger partial charge >= 0.3 is 0 Å². The summed E-state index contributed by atoms with van der Waals surface area (Å²) in [4.78, 5) is 2.46. The first-order valence-corrected chi connectivity index (χ1v) is 7.66. The van der Waals surface area contributed by atoms with Gasteiger partial charge in [0.1, 0.15) is 5.75 Å². The van der Waals surface area contributed by atoms with Crippen LogP contribution in [0, 0.1) is 5.92 Å². The standard InChI is InChI=1S/C17H27NO2/c1-12(2)10-11-18(14-8-9-14)15-6-5-7-16(20-4)17(15)13(3)19/h5-7,12-14,19H,8-11H2,1-4H3/t13-/m1/s1. The third kappa shape index (κ3) is 3.45. The molecule has 112 valence electrons. The van der Waals surface area contributed by atoms with E-state index >= 15 is 0 Å². The monoisotopic (exact) mass is 277 g/mol. The number of benzene rings is 1. The lowest BCUT2D eigenvalue weighted by Crippen LogP contribution is -2.29. The molecule has 1 atom stereocenters. The zero-order chi connectivity index (χ0) is 14.7. The van der Waals surface area contributed by atoms with Crippen LogP contribution in [-0.2, 0) is 0 Å². The van der Waals surface area contributed by atoms with Crippen LogP contribution in [0.1, 0.15) is 51.7 Å². The molecule has 0 bridgehead atoms. The molecule has 0 heterocycles. The summed E-state index contributed by atoms with van der Waals surface area (Å²) in [6.07, 6.45) is 3.18. The molecule has 0 aliphatic heterocycles. The van der Waals surface area contributed by atoms with Crippen molar-refractivity contribution in [3.63, 3.8) is 0 Å². The van der Waals surface area contributed by atoms with Crippen LogP contribution < -0.4 is 9.64 Å². The van der Waals surface area contributed by atoms with Gasteiger partial charge in [-0.1, -0.05) is 19.9 Å². The van der Waals surface area contributed by atoms with Gasteiger partial charge in [-0.2, -0.15) is 0 Å². The van der Waals surface area contributed by atoms with Crippen molar-refractivity contribution in [3.8, 4) is 5.75 Å². The highest BCUT2D eigenvalue weighted by molar-refractivity contribution is 5.61. The molecule has 0 amide bonds. The SMILES string of the molecule is COc1cccc(N(CCC(C)C)C2CC2)c1[C@@H](C)O. The Morgan fingerprint density at radius 3 is 2.50 bits per heavy atom. The molecule has 2 rings (SSSR count). The zero-order valence-electron chi connectivity index (χ0n) is 13.1.